The Morgan fingerprint density at radius 2 is 2.25 bits per heavy atom. The van der Waals surface area contributed by atoms with Crippen LogP contribution in [0.4, 0.5) is 5.69 Å². The Morgan fingerprint density at radius 1 is 1.50 bits per heavy atom. The number of allylic oxidation sites excluding steroid dienone is 1. The smallest absolute Gasteiger partial charge is 0.279 e. The van der Waals surface area contributed by atoms with E-state index in [1.54, 1.807) is 12.2 Å². The first-order valence-electron chi connectivity index (χ1n) is 4.46. The van der Waals surface area contributed by atoms with Gasteiger partial charge in [-0.3, -0.25) is 14.9 Å². The maximum atomic E-state index is 10.6. The molecule has 1 rings (SSSR count). The Hall–Kier alpha value is -2.48. The van der Waals surface area contributed by atoms with Gasteiger partial charge in [0, 0.05) is 6.07 Å². The first-order chi connectivity index (χ1) is 7.69. The van der Waals surface area contributed by atoms with Crippen molar-refractivity contribution in [2.75, 3.05) is 0 Å². The van der Waals surface area contributed by atoms with Crippen LogP contribution in [0.3, 0.4) is 0 Å². The molecule has 0 saturated heterocycles. The number of hydrogen-bond donors (Lipinski definition) is 0. The molecule has 0 aliphatic rings. The summed E-state index contributed by atoms with van der Waals surface area (Å²) in [5.74, 6) is 0. The zero-order valence-corrected chi connectivity index (χ0v) is 8.29. The van der Waals surface area contributed by atoms with Gasteiger partial charge in [0.15, 0.2) is 6.29 Å². The lowest BCUT2D eigenvalue weighted by Crippen LogP contribution is -1.94. The number of hydrogen-bond acceptors (Lipinski definition) is 4. The molecule has 0 unspecified atom stereocenters. The van der Waals surface area contributed by atoms with Crippen molar-refractivity contribution < 1.29 is 9.72 Å². The number of nitrogens with zero attached hydrogens (tertiary/aromatic N) is 2. The largest absolute Gasteiger partial charge is 0.298 e. The Morgan fingerprint density at radius 3 is 2.81 bits per heavy atom. The summed E-state index contributed by atoms with van der Waals surface area (Å²) in [6.07, 6.45) is 3.96. The minimum atomic E-state index is -0.605. The van der Waals surface area contributed by atoms with Crippen molar-refractivity contribution >= 4 is 18.0 Å². The van der Waals surface area contributed by atoms with Gasteiger partial charge in [0.05, 0.1) is 23.0 Å². The Balaban J connectivity index is 3.05. The van der Waals surface area contributed by atoms with Crippen molar-refractivity contribution in [2.24, 2.45) is 0 Å². The van der Waals surface area contributed by atoms with Crippen molar-refractivity contribution in [2.45, 2.75) is 6.42 Å². The van der Waals surface area contributed by atoms with Crippen LogP contribution in [0.15, 0.2) is 24.3 Å². The van der Waals surface area contributed by atoms with Gasteiger partial charge >= 0.3 is 0 Å². The molecule has 5 nitrogen and oxygen atoms in total. The molecule has 0 aliphatic carbocycles. The van der Waals surface area contributed by atoms with Crippen molar-refractivity contribution in [3.63, 3.8) is 0 Å². The number of benzene rings is 1. The molecule has 1 aromatic carbocycles. The topological polar surface area (TPSA) is 84.0 Å². The molecule has 0 saturated carbocycles. The van der Waals surface area contributed by atoms with E-state index in [0.29, 0.717) is 11.8 Å². The highest BCUT2D eigenvalue weighted by atomic mass is 16.6. The SMILES string of the molecule is N#CCC=Cc1ccc([N+](=O)[O-])c(C=O)c1. The van der Waals surface area contributed by atoms with Crippen molar-refractivity contribution in [1.82, 2.24) is 0 Å². The van der Waals surface area contributed by atoms with Gasteiger partial charge in [0.1, 0.15) is 0 Å². The van der Waals surface area contributed by atoms with Crippen LogP contribution in [0.5, 0.6) is 0 Å². The van der Waals surface area contributed by atoms with Gasteiger partial charge in [0.2, 0.25) is 0 Å². The van der Waals surface area contributed by atoms with Gasteiger partial charge < -0.3 is 0 Å². The third-order valence-electron chi connectivity index (χ3n) is 1.89. The summed E-state index contributed by atoms with van der Waals surface area (Å²) in [5, 5.41) is 18.9. The second-order valence-corrected chi connectivity index (χ2v) is 2.96. The molecule has 16 heavy (non-hydrogen) atoms. The van der Waals surface area contributed by atoms with Crippen LogP contribution in [-0.4, -0.2) is 11.2 Å². The molecule has 1 aromatic rings. The number of aldehydes is 1. The fraction of sp³-hybridized carbons (Fsp3) is 0.0909. The van der Waals surface area contributed by atoms with Crippen LogP contribution in [0, 0.1) is 21.4 Å². The lowest BCUT2D eigenvalue weighted by molar-refractivity contribution is -0.385. The summed E-state index contributed by atoms with van der Waals surface area (Å²) in [5.41, 5.74) is 0.472. The molecule has 80 valence electrons. The van der Waals surface area contributed by atoms with E-state index in [9.17, 15) is 14.9 Å². The third kappa shape index (κ3) is 2.75. The van der Waals surface area contributed by atoms with E-state index in [4.69, 9.17) is 5.26 Å². The fourth-order valence-electron chi connectivity index (χ4n) is 1.19. The van der Waals surface area contributed by atoms with E-state index >= 15 is 0 Å². The summed E-state index contributed by atoms with van der Waals surface area (Å²) < 4.78 is 0. The Bertz CT molecular complexity index is 486. The predicted molar refractivity (Wildman–Crippen MR) is 57.7 cm³/mol. The zero-order chi connectivity index (χ0) is 12.0. The Kier molecular flexibility index (Phi) is 3.92. The average Bonchev–Trinajstić information content (AvgIpc) is 2.29. The molecule has 0 aromatic heterocycles. The van der Waals surface area contributed by atoms with Crippen LogP contribution >= 0.6 is 0 Å². The first-order valence-corrected chi connectivity index (χ1v) is 4.46. The van der Waals surface area contributed by atoms with Gasteiger partial charge in [-0.1, -0.05) is 12.2 Å². The molecule has 5 heteroatoms. The number of carbonyl (C=O) groups excluding carboxylic acids is 1. The van der Waals surface area contributed by atoms with Crippen LogP contribution in [0.1, 0.15) is 22.3 Å². The van der Waals surface area contributed by atoms with Crippen LogP contribution in [-0.2, 0) is 0 Å². The molecule has 0 bridgehead atoms. The molecule has 0 aliphatic heterocycles. The number of nitriles is 1. The average molecular weight is 216 g/mol. The van der Waals surface area contributed by atoms with Crippen molar-refractivity contribution in [3.8, 4) is 6.07 Å². The van der Waals surface area contributed by atoms with Gasteiger partial charge in [-0.05, 0) is 17.7 Å². The number of nitro benzene ring substituents is 1. The van der Waals surface area contributed by atoms with E-state index in [2.05, 4.69) is 0 Å². The molecule has 0 N–H and O–H groups in total. The molecule has 0 spiro atoms. The zero-order valence-electron chi connectivity index (χ0n) is 8.29. The summed E-state index contributed by atoms with van der Waals surface area (Å²) in [6, 6.07) is 6.15. The summed E-state index contributed by atoms with van der Waals surface area (Å²) in [4.78, 5) is 20.6. The van der Waals surface area contributed by atoms with Gasteiger partial charge in [0.25, 0.3) is 5.69 Å². The number of rotatable bonds is 4. The molecule has 0 fully saturated rings. The third-order valence-corrected chi connectivity index (χ3v) is 1.89. The maximum Gasteiger partial charge on any atom is 0.279 e. The van der Waals surface area contributed by atoms with Gasteiger partial charge in [-0.2, -0.15) is 5.26 Å². The molecular weight excluding hydrogens is 208 g/mol. The van der Waals surface area contributed by atoms with Crippen LogP contribution in [0.2, 0.25) is 0 Å². The second kappa shape index (κ2) is 5.41. The van der Waals surface area contributed by atoms with E-state index in [-0.39, 0.29) is 17.7 Å². The van der Waals surface area contributed by atoms with Crippen molar-refractivity contribution in [1.29, 1.82) is 5.26 Å². The minimum absolute atomic E-state index is 0.0316. The van der Waals surface area contributed by atoms with Crippen molar-refractivity contribution in [3.05, 3.63) is 45.5 Å². The van der Waals surface area contributed by atoms with E-state index < -0.39 is 4.92 Å². The summed E-state index contributed by atoms with van der Waals surface area (Å²) >= 11 is 0. The van der Waals surface area contributed by atoms with E-state index in [0.717, 1.165) is 0 Å². The number of nitro groups is 1. The maximum absolute atomic E-state index is 10.6. The first kappa shape index (κ1) is 11.6. The predicted octanol–water partition coefficient (Wildman–Crippen LogP) is 2.33. The molecule has 0 heterocycles. The molecular formula is C11H8N2O3. The van der Waals surface area contributed by atoms with Crippen LogP contribution in [0.25, 0.3) is 6.08 Å². The van der Waals surface area contributed by atoms with E-state index in [1.165, 1.54) is 18.2 Å². The van der Waals surface area contributed by atoms with Crippen LogP contribution < -0.4 is 0 Å². The standard InChI is InChI=1S/C11H8N2O3/c12-6-2-1-3-9-4-5-11(13(15)16)10(7-9)8-14/h1,3-5,7-8H,2H2. The second-order valence-electron chi connectivity index (χ2n) is 2.96. The highest BCUT2D eigenvalue weighted by Gasteiger charge is 2.12. The quantitative estimate of drug-likeness (QED) is 0.439. The Labute approximate surface area is 91.8 Å². The lowest BCUT2D eigenvalue weighted by Gasteiger charge is -1.97. The summed E-state index contributed by atoms with van der Waals surface area (Å²) in [6.45, 7) is 0. The lowest BCUT2D eigenvalue weighted by atomic mass is 10.1. The normalized spacial score (nSPS) is 9.94. The minimum Gasteiger partial charge on any atom is -0.298 e. The highest BCUT2D eigenvalue weighted by Crippen LogP contribution is 2.18. The van der Waals surface area contributed by atoms with Gasteiger partial charge in [-0.25, -0.2) is 0 Å². The summed E-state index contributed by atoms with van der Waals surface area (Å²) in [7, 11) is 0. The monoisotopic (exact) mass is 216 g/mol. The molecule has 0 amide bonds. The number of carbonyl (C=O) groups is 1. The molecule has 0 atom stereocenters. The highest BCUT2D eigenvalue weighted by molar-refractivity contribution is 5.82. The molecule has 0 radical (unpaired) electrons. The van der Waals surface area contributed by atoms with Gasteiger partial charge in [-0.15, -0.1) is 0 Å². The van der Waals surface area contributed by atoms with E-state index in [1.807, 2.05) is 6.07 Å². The fourth-order valence-corrected chi connectivity index (χ4v) is 1.19.